The number of nitrogen functional groups attached to an aromatic ring is 1. The fourth-order valence-electron chi connectivity index (χ4n) is 0.893. The van der Waals surface area contributed by atoms with Gasteiger partial charge in [0.15, 0.2) is 11.5 Å². The van der Waals surface area contributed by atoms with Crippen molar-refractivity contribution in [2.24, 2.45) is 0 Å². The highest BCUT2D eigenvalue weighted by Gasteiger charge is 2.01. The Labute approximate surface area is 78.8 Å². The van der Waals surface area contributed by atoms with Crippen molar-refractivity contribution in [2.45, 2.75) is 0 Å². The summed E-state index contributed by atoms with van der Waals surface area (Å²) in [6, 6.07) is 5.02. The lowest BCUT2D eigenvalue weighted by Gasteiger charge is -1.95. The number of hydrogen-bond donors (Lipinski definition) is 1. The Bertz CT molecular complexity index is 477. The Kier molecular flexibility index (Phi) is 1.80. The molecule has 2 rings (SSSR count). The molecule has 0 fully saturated rings. The number of nitrogens with two attached hydrogens (primary N) is 1. The van der Waals surface area contributed by atoms with Crippen LogP contribution in [0.3, 0.4) is 0 Å². The molecule has 0 saturated heterocycles. The number of nitrogens with zero attached hydrogens (tertiary/aromatic N) is 6. The van der Waals surface area contributed by atoms with Gasteiger partial charge in [0.05, 0.1) is 0 Å². The first kappa shape index (κ1) is 8.12. The molecule has 7 nitrogen and oxygen atoms in total. The number of anilines is 1. The first-order valence-electron chi connectivity index (χ1n) is 3.71. The first-order valence-corrected chi connectivity index (χ1v) is 3.71. The molecule has 0 saturated carbocycles. The molecule has 2 aromatic rings. The number of aromatic nitrogens is 5. The molecule has 2 aromatic heterocycles. The van der Waals surface area contributed by atoms with Crippen molar-refractivity contribution < 1.29 is 0 Å². The second kappa shape index (κ2) is 3.10. The smallest absolute Gasteiger partial charge is 0.239 e. The van der Waals surface area contributed by atoms with Crippen molar-refractivity contribution in [1.29, 1.82) is 5.26 Å². The summed E-state index contributed by atoms with van der Waals surface area (Å²) in [6.07, 6.45) is 1.42. The van der Waals surface area contributed by atoms with Gasteiger partial charge >= 0.3 is 0 Å². The monoisotopic (exact) mass is 187 g/mol. The van der Waals surface area contributed by atoms with Crippen molar-refractivity contribution >= 4 is 5.95 Å². The van der Waals surface area contributed by atoms with Gasteiger partial charge < -0.3 is 5.73 Å². The van der Waals surface area contributed by atoms with Gasteiger partial charge in [0, 0.05) is 0 Å². The second-order valence-electron chi connectivity index (χ2n) is 2.44. The summed E-state index contributed by atoms with van der Waals surface area (Å²) in [4.78, 5) is 3.73. The minimum Gasteiger partial charge on any atom is -0.366 e. The van der Waals surface area contributed by atoms with E-state index in [4.69, 9.17) is 11.0 Å². The summed E-state index contributed by atoms with van der Waals surface area (Å²) in [6.45, 7) is 0. The van der Waals surface area contributed by atoms with Gasteiger partial charge in [-0.3, -0.25) is 0 Å². The van der Waals surface area contributed by atoms with Gasteiger partial charge in [-0.05, 0) is 12.1 Å². The summed E-state index contributed by atoms with van der Waals surface area (Å²) in [5.41, 5.74) is 5.58. The maximum absolute atomic E-state index is 8.50. The zero-order valence-electron chi connectivity index (χ0n) is 6.99. The molecule has 7 heteroatoms. The zero-order chi connectivity index (χ0) is 9.97. The highest BCUT2D eigenvalue weighted by atomic mass is 15.4. The van der Waals surface area contributed by atoms with Crippen LogP contribution in [0.5, 0.6) is 0 Å². The maximum Gasteiger partial charge on any atom is 0.239 e. The molecule has 0 aliphatic heterocycles. The van der Waals surface area contributed by atoms with Crippen LogP contribution in [0.15, 0.2) is 18.5 Å². The molecule has 2 N–H and O–H groups in total. The fourth-order valence-corrected chi connectivity index (χ4v) is 0.893. The molecular weight excluding hydrogens is 182 g/mol. The first-order chi connectivity index (χ1) is 6.79. The molecule has 14 heavy (non-hydrogen) atoms. The van der Waals surface area contributed by atoms with E-state index in [1.165, 1.54) is 11.0 Å². The largest absolute Gasteiger partial charge is 0.366 e. The van der Waals surface area contributed by atoms with Crippen LogP contribution in [0.25, 0.3) is 5.82 Å². The van der Waals surface area contributed by atoms with Crippen molar-refractivity contribution in [2.75, 3.05) is 5.73 Å². The van der Waals surface area contributed by atoms with E-state index in [1.54, 1.807) is 12.1 Å². The van der Waals surface area contributed by atoms with Gasteiger partial charge in [-0.15, -0.1) is 15.3 Å². The summed E-state index contributed by atoms with van der Waals surface area (Å²) in [7, 11) is 0. The standard InChI is InChI=1S/C7H5N7/c8-3-5-1-2-6(12-11-5)14-4-10-7(9)13-14/h1-2,4H,(H2,9,13). The van der Waals surface area contributed by atoms with Gasteiger partial charge in [-0.25, -0.2) is 4.98 Å². The van der Waals surface area contributed by atoms with Crippen LogP contribution in [-0.2, 0) is 0 Å². The van der Waals surface area contributed by atoms with Crippen LogP contribution in [0.2, 0.25) is 0 Å². The molecule has 0 radical (unpaired) electrons. The van der Waals surface area contributed by atoms with Crippen molar-refractivity contribution in [3.63, 3.8) is 0 Å². The zero-order valence-corrected chi connectivity index (χ0v) is 6.99. The molecule has 0 aliphatic carbocycles. The molecule has 0 spiro atoms. The van der Waals surface area contributed by atoms with E-state index in [-0.39, 0.29) is 11.6 Å². The minimum absolute atomic E-state index is 0.163. The Hall–Kier alpha value is -2.49. The van der Waals surface area contributed by atoms with Crippen LogP contribution >= 0.6 is 0 Å². The van der Waals surface area contributed by atoms with Gasteiger partial charge in [-0.1, -0.05) is 0 Å². The molecular formula is C7H5N7. The predicted octanol–water partition coefficient (Wildman–Crippen LogP) is -0.489. The third kappa shape index (κ3) is 1.36. The predicted molar refractivity (Wildman–Crippen MR) is 46.1 cm³/mol. The topological polar surface area (TPSA) is 106 Å². The van der Waals surface area contributed by atoms with E-state index in [2.05, 4.69) is 20.3 Å². The van der Waals surface area contributed by atoms with Gasteiger partial charge in [0.25, 0.3) is 0 Å². The lowest BCUT2D eigenvalue weighted by atomic mass is 10.4. The van der Waals surface area contributed by atoms with Crippen LogP contribution in [0.4, 0.5) is 5.95 Å². The van der Waals surface area contributed by atoms with E-state index in [0.717, 1.165) is 0 Å². The van der Waals surface area contributed by atoms with Crippen molar-refractivity contribution in [3.8, 4) is 11.9 Å². The summed E-state index contributed by atoms with van der Waals surface area (Å²) >= 11 is 0. The quantitative estimate of drug-likeness (QED) is 0.645. The van der Waals surface area contributed by atoms with E-state index in [0.29, 0.717) is 5.82 Å². The van der Waals surface area contributed by atoms with E-state index >= 15 is 0 Å². The molecule has 0 aromatic carbocycles. The maximum atomic E-state index is 8.50. The minimum atomic E-state index is 0.163. The molecule has 0 bridgehead atoms. The summed E-state index contributed by atoms with van der Waals surface area (Å²) in [5.74, 6) is 0.629. The molecule has 0 amide bonds. The Morgan fingerprint density at radius 3 is 2.71 bits per heavy atom. The normalized spacial score (nSPS) is 9.64. The van der Waals surface area contributed by atoms with E-state index in [9.17, 15) is 0 Å². The lowest BCUT2D eigenvalue weighted by Crippen LogP contribution is -2.01. The highest BCUT2D eigenvalue weighted by Crippen LogP contribution is 2.01. The van der Waals surface area contributed by atoms with Gasteiger partial charge in [0.1, 0.15) is 12.4 Å². The summed E-state index contributed by atoms with van der Waals surface area (Å²) in [5, 5.41) is 19.7. The van der Waals surface area contributed by atoms with Crippen molar-refractivity contribution in [1.82, 2.24) is 25.0 Å². The molecule has 0 aliphatic rings. The van der Waals surface area contributed by atoms with Crippen LogP contribution in [0.1, 0.15) is 5.69 Å². The SMILES string of the molecule is N#Cc1ccc(-n2cnc(N)n2)nn1. The van der Waals surface area contributed by atoms with Crippen LogP contribution < -0.4 is 5.73 Å². The third-order valence-corrected chi connectivity index (χ3v) is 1.51. The number of rotatable bonds is 1. The molecule has 2 heterocycles. The lowest BCUT2D eigenvalue weighted by molar-refractivity contribution is 0.812. The van der Waals surface area contributed by atoms with Crippen molar-refractivity contribution in [3.05, 3.63) is 24.2 Å². The Balaban J connectivity index is 2.39. The van der Waals surface area contributed by atoms with E-state index in [1.807, 2.05) is 6.07 Å². The highest BCUT2D eigenvalue weighted by molar-refractivity contribution is 5.26. The Morgan fingerprint density at radius 1 is 1.36 bits per heavy atom. The van der Waals surface area contributed by atoms with Gasteiger partial charge in [-0.2, -0.15) is 9.94 Å². The molecule has 68 valence electrons. The Morgan fingerprint density at radius 2 is 2.21 bits per heavy atom. The molecule has 0 atom stereocenters. The third-order valence-electron chi connectivity index (χ3n) is 1.51. The average molecular weight is 187 g/mol. The average Bonchev–Trinajstić information content (AvgIpc) is 2.65. The van der Waals surface area contributed by atoms with Crippen LogP contribution in [0, 0.1) is 11.3 Å². The molecule has 0 unspecified atom stereocenters. The van der Waals surface area contributed by atoms with Crippen LogP contribution in [-0.4, -0.2) is 25.0 Å². The van der Waals surface area contributed by atoms with E-state index < -0.39 is 0 Å². The number of hydrogen-bond acceptors (Lipinski definition) is 6. The number of nitriles is 1. The fraction of sp³-hybridized carbons (Fsp3) is 0. The summed E-state index contributed by atoms with van der Waals surface area (Å²) < 4.78 is 1.38. The second-order valence-corrected chi connectivity index (χ2v) is 2.44. The van der Waals surface area contributed by atoms with Gasteiger partial charge in [0.2, 0.25) is 5.95 Å².